The molecular weight excluding hydrogens is 422 g/mol. The lowest BCUT2D eigenvalue weighted by molar-refractivity contribution is -0.384. The van der Waals surface area contributed by atoms with Gasteiger partial charge < -0.3 is 10.1 Å². The molecule has 0 saturated heterocycles. The average molecular weight is 438 g/mol. The van der Waals surface area contributed by atoms with Crippen molar-refractivity contribution in [3.05, 3.63) is 58.1 Å². The average Bonchev–Trinajstić information content (AvgIpc) is 3.04. The first kappa shape index (κ1) is 19.8. The number of rotatable bonds is 7. The van der Waals surface area contributed by atoms with E-state index in [2.05, 4.69) is 10.3 Å². The summed E-state index contributed by atoms with van der Waals surface area (Å²) in [6.07, 6.45) is 0. The van der Waals surface area contributed by atoms with Crippen LogP contribution in [0.2, 0.25) is 0 Å². The summed E-state index contributed by atoms with van der Waals surface area (Å²) in [7, 11) is 0. The predicted octanol–water partition coefficient (Wildman–Crippen LogP) is 4.48. The molecule has 7 nitrogen and oxygen atoms in total. The van der Waals surface area contributed by atoms with E-state index in [0.717, 1.165) is 10.2 Å². The molecule has 0 unspecified atom stereocenters. The van der Waals surface area contributed by atoms with Crippen LogP contribution in [0.4, 0.5) is 10.8 Å². The highest BCUT2D eigenvalue weighted by atomic mass is 79.9. The number of Topliss-reactive ketones (excluding diaryl/α,β-unsaturated/α-hetero) is 1. The van der Waals surface area contributed by atoms with E-state index in [1.165, 1.54) is 29.5 Å². The lowest BCUT2D eigenvalue weighted by atomic mass is 10.1. The number of nitro groups is 1. The van der Waals surface area contributed by atoms with E-state index in [0.29, 0.717) is 17.5 Å². The fourth-order valence-electron chi connectivity index (χ4n) is 2.32. The summed E-state index contributed by atoms with van der Waals surface area (Å²) in [5, 5.41) is 14.4. The minimum atomic E-state index is -0.521. The molecule has 9 heteroatoms. The zero-order valence-corrected chi connectivity index (χ0v) is 16.3. The molecular formula is C17H16BrN3O4S. The van der Waals surface area contributed by atoms with E-state index in [1.54, 1.807) is 6.07 Å². The molecule has 0 atom stereocenters. The summed E-state index contributed by atoms with van der Waals surface area (Å²) in [4.78, 5) is 27.0. The molecule has 1 aromatic heterocycles. The number of para-hydroxylation sites is 1. The lowest BCUT2D eigenvalue weighted by Crippen LogP contribution is -2.14. The first-order chi connectivity index (χ1) is 12.1. The van der Waals surface area contributed by atoms with Crippen LogP contribution < -0.4 is 10.1 Å². The molecule has 0 fully saturated rings. The number of aromatic nitrogens is 1. The van der Waals surface area contributed by atoms with E-state index >= 15 is 0 Å². The second-order valence-electron chi connectivity index (χ2n) is 5.14. The van der Waals surface area contributed by atoms with Crippen LogP contribution in [0.1, 0.15) is 17.3 Å². The smallest absolute Gasteiger partial charge is 0.270 e. The predicted molar refractivity (Wildman–Crippen MR) is 107 cm³/mol. The number of ether oxygens (including phenoxy) is 1. The monoisotopic (exact) mass is 437 g/mol. The number of nitrogens with one attached hydrogen (secondary N) is 1. The van der Waals surface area contributed by atoms with Crippen LogP contribution >= 0.6 is 28.3 Å². The number of hydrogen-bond donors (Lipinski definition) is 1. The third-order valence-corrected chi connectivity index (χ3v) is 4.44. The maximum atomic E-state index is 12.2. The van der Waals surface area contributed by atoms with Gasteiger partial charge in [0.05, 0.1) is 22.8 Å². The van der Waals surface area contributed by atoms with Crippen molar-refractivity contribution in [3.63, 3.8) is 0 Å². The van der Waals surface area contributed by atoms with Crippen LogP contribution in [0, 0.1) is 10.1 Å². The van der Waals surface area contributed by atoms with Gasteiger partial charge in [0.1, 0.15) is 11.3 Å². The Morgan fingerprint density at radius 3 is 2.81 bits per heavy atom. The number of benzene rings is 2. The molecule has 0 spiro atoms. The standard InChI is InChI=1S/C17H15N3O4S.BrH/c1-2-24-14-7-4-8-15-16(14)19-17(25-15)18-10-13(21)11-5-3-6-12(9-11)20(22)23;/h3-9H,2,10H2,1H3,(H,18,19);1H. The molecule has 0 aliphatic carbocycles. The van der Waals surface area contributed by atoms with Crippen LogP contribution in [0.3, 0.4) is 0 Å². The van der Waals surface area contributed by atoms with Gasteiger partial charge in [-0.1, -0.05) is 29.5 Å². The molecule has 3 rings (SSSR count). The largest absolute Gasteiger partial charge is 0.492 e. The third-order valence-electron chi connectivity index (χ3n) is 3.46. The Bertz CT molecular complexity index is 945. The Kier molecular flexibility index (Phi) is 6.64. The highest BCUT2D eigenvalue weighted by molar-refractivity contribution is 8.93. The molecule has 26 heavy (non-hydrogen) atoms. The van der Waals surface area contributed by atoms with Gasteiger partial charge in [0, 0.05) is 17.7 Å². The van der Waals surface area contributed by atoms with Crippen LogP contribution in [0.5, 0.6) is 5.75 Å². The van der Waals surface area contributed by atoms with E-state index < -0.39 is 4.92 Å². The van der Waals surface area contributed by atoms with Gasteiger partial charge in [0.2, 0.25) is 0 Å². The number of anilines is 1. The van der Waals surface area contributed by atoms with Gasteiger partial charge in [0.25, 0.3) is 5.69 Å². The molecule has 136 valence electrons. The quantitative estimate of drug-likeness (QED) is 0.332. The summed E-state index contributed by atoms with van der Waals surface area (Å²) in [6, 6.07) is 11.4. The first-order valence-corrected chi connectivity index (χ1v) is 8.44. The van der Waals surface area contributed by atoms with E-state index in [1.807, 2.05) is 25.1 Å². The number of hydrogen-bond acceptors (Lipinski definition) is 7. The van der Waals surface area contributed by atoms with Crippen molar-refractivity contribution in [1.82, 2.24) is 4.98 Å². The molecule has 2 aromatic carbocycles. The lowest BCUT2D eigenvalue weighted by Gasteiger charge is -2.03. The van der Waals surface area contributed by atoms with Crippen molar-refractivity contribution in [1.29, 1.82) is 0 Å². The highest BCUT2D eigenvalue weighted by Crippen LogP contribution is 2.32. The van der Waals surface area contributed by atoms with Gasteiger partial charge in [-0.2, -0.15) is 0 Å². The highest BCUT2D eigenvalue weighted by Gasteiger charge is 2.13. The Balaban J connectivity index is 0.00000243. The zero-order chi connectivity index (χ0) is 17.8. The summed E-state index contributed by atoms with van der Waals surface area (Å²) in [5.74, 6) is 0.460. The van der Waals surface area contributed by atoms with Crippen molar-refractivity contribution in [3.8, 4) is 5.75 Å². The SMILES string of the molecule is Br.CCOc1cccc2sc(NCC(=O)c3cccc([N+](=O)[O-])c3)nc12. The summed E-state index contributed by atoms with van der Waals surface area (Å²) in [5.41, 5.74) is 0.935. The van der Waals surface area contributed by atoms with Gasteiger partial charge in [0.15, 0.2) is 10.9 Å². The number of thiazole rings is 1. The van der Waals surface area contributed by atoms with Gasteiger partial charge in [-0.05, 0) is 19.1 Å². The molecule has 3 aromatic rings. The molecule has 0 bridgehead atoms. The van der Waals surface area contributed by atoms with E-state index in [9.17, 15) is 14.9 Å². The van der Waals surface area contributed by atoms with Gasteiger partial charge in [-0.25, -0.2) is 4.98 Å². The van der Waals surface area contributed by atoms with Crippen molar-refractivity contribution >= 4 is 55.1 Å². The number of ketones is 1. The van der Waals surface area contributed by atoms with Crippen LogP contribution in [0.15, 0.2) is 42.5 Å². The maximum absolute atomic E-state index is 12.2. The Morgan fingerprint density at radius 1 is 1.31 bits per heavy atom. The minimum Gasteiger partial charge on any atom is -0.492 e. The number of non-ortho nitro benzene ring substituents is 1. The van der Waals surface area contributed by atoms with E-state index in [4.69, 9.17) is 4.74 Å². The summed E-state index contributed by atoms with van der Waals surface area (Å²) >= 11 is 1.42. The van der Waals surface area contributed by atoms with Crippen molar-refractivity contribution in [2.24, 2.45) is 0 Å². The number of halogens is 1. The van der Waals surface area contributed by atoms with E-state index in [-0.39, 0.29) is 40.6 Å². The van der Waals surface area contributed by atoms with Crippen LogP contribution in [0.25, 0.3) is 10.2 Å². The molecule has 1 heterocycles. The number of nitrogens with zero attached hydrogens (tertiary/aromatic N) is 2. The number of fused-ring (bicyclic) bond motifs is 1. The Morgan fingerprint density at radius 2 is 2.08 bits per heavy atom. The molecule has 0 saturated carbocycles. The topological polar surface area (TPSA) is 94.4 Å². The zero-order valence-electron chi connectivity index (χ0n) is 13.8. The summed E-state index contributed by atoms with van der Waals surface area (Å²) in [6.45, 7) is 2.46. The molecule has 0 aliphatic rings. The van der Waals surface area contributed by atoms with Crippen LogP contribution in [-0.4, -0.2) is 28.8 Å². The minimum absolute atomic E-state index is 0. The van der Waals surface area contributed by atoms with Gasteiger partial charge in [-0.15, -0.1) is 17.0 Å². The fraction of sp³-hybridized carbons (Fsp3) is 0.176. The Hall–Kier alpha value is -2.52. The van der Waals surface area contributed by atoms with Crippen molar-refractivity contribution in [2.45, 2.75) is 6.92 Å². The van der Waals surface area contributed by atoms with Crippen LogP contribution in [-0.2, 0) is 0 Å². The second kappa shape index (κ2) is 8.72. The van der Waals surface area contributed by atoms with Crippen molar-refractivity contribution < 1.29 is 14.5 Å². The first-order valence-electron chi connectivity index (χ1n) is 7.62. The maximum Gasteiger partial charge on any atom is 0.270 e. The molecule has 0 aliphatic heterocycles. The number of nitro benzene ring substituents is 1. The third kappa shape index (κ3) is 4.36. The number of carbonyl (C=O) groups excluding carboxylic acids is 1. The van der Waals surface area contributed by atoms with Gasteiger partial charge in [-0.3, -0.25) is 14.9 Å². The molecule has 0 radical (unpaired) electrons. The normalized spacial score (nSPS) is 10.2. The molecule has 1 N–H and O–H groups in total. The van der Waals surface area contributed by atoms with Crippen molar-refractivity contribution in [2.75, 3.05) is 18.5 Å². The second-order valence-corrected chi connectivity index (χ2v) is 6.17. The van der Waals surface area contributed by atoms with Gasteiger partial charge >= 0.3 is 0 Å². The molecule has 0 amide bonds. The Labute approximate surface area is 163 Å². The fourth-order valence-corrected chi connectivity index (χ4v) is 3.20. The number of carbonyl (C=O) groups is 1. The summed E-state index contributed by atoms with van der Waals surface area (Å²) < 4.78 is 6.50.